The topological polar surface area (TPSA) is 83.0 Å². The minimum atomic E-state index is -3.39. The molecule has 0 aliphatic carbocycles. The van der Waals surface area contributed by atoms with Crippen molar-refractivity contribution < 1.29 is 13.2 Å². The molecule has 26 heavy (non-hydrogen) atoms. The van der Waals surface area contributed by atoms with E-state index >= 15 is 0 Å². The molecule has 0 radical (unpaired) electrons. The average Bonchev–Trinajstić information content (AvgIpc) is 2.63. The first-order chi connectivity index (χ1) is 12.4. The van der Waals surface area contributed by atoms with E-state index in [9.17, 15) is 8.42 Å². The van der Waals surface area contributed by atoms with Crippen LogP contribution < -0.4 is 10.6 Å². The fourth-order valence-corrected chi connectivity index (χ4v) is 3.03. The second-order valence-electron chi connectivity index (χ2n) is 6.10. The first-order valence-electron chi connectivity index (χ1n) is 8.95. The molecule has 0 spiro atoms. The summed E-state index contributed by atoms with van der Waals surface area (Å²) < 4.78 is 30.8. The van der Waals surface area contributed by atoms with Crippen molar-refractivity contribution >= 4 is 16.0 Å². The predicted octanol–water partition coefficient (Wildman–Crippen LogP) is 1.81. The maximum Gasteiger partial charge on any atom is 0.242 e. The molecule has 8 heteroatoms. The van der Waals surface area contributed by atoms with Crippen LogP contribution in [0.5, 0.6) is 0 Å². The van der Waals surface area contributed by atoms with Gasteiger partial charge < -0.3 is 15.4 Å². The van der Waals surface area contributed by atoms with E-state index in [4.69, 9.17) is 4.74 Å². The predicted molar refractivity (Wildman–Crippen MR) is 106 cm³/mol. The Bertz CT molecular complexity index is 643. The minimum Gasteiger partial charge on any atom is -0.381 e. The van der Waals surface area contributed by atoms with Gasteiger partial charge >= 0.3 is 0 Å². The molecule has 2 N–H and O–H groups in total. The SMILES string of the molecule is CCCCOCCCNC(=NC)NCc1ccc(S(=O)(=O)N(C)C)cc1. The number of hydrogen-bond acceptors (Lipinski definition) is 4. The van der Waals surface area contributed by atoms with Gasteiger partial charge in [0.15, 0.2) is 5.96 Å². The molecule has 1 aromatic rings. The third-order valence-electron chi connectivity index (χ3n) is 3.79. The van der Waals surface area contributed by atoms with E-state index in [2.05, 4.69) is 22.5 Å². The summed E-state index contributed by atoms with van der Waals surface area (Å²) in [7, 11) is 1.38. The number of nitrogens with zero attached hydrogens (tertiary/aromatic N) is 2. The van der Waals surface area contributed by atoms with E-state index in [1.807, 2.05) is 0 Å². The van der Waals surface area contributed by atoms with Crippen LogP contribution in [0.1, 0.15) is 31.7 Å². The van der Waals surface area contributed by atoms with E-state index in [1.165, 1.54) is 18.4 Å². The Morgan fingerprint density at radius 1 is 1.12 bits per heavy atom. The van der Waals surface area contributed by atoms with E-state index in [-0.39, 0.29) is 4.90 Å². The number of aliphatic imine (C=N–C) groups is 1. The number of hydrogen-bond donors (Lipinski definition) is 2. The molecule has 0 aromatic heterocycles. The summed E-state index contributed by atoms with van der Waals surface area (Å²) in [6.45, 7) is 5.06. The molecule has 0 bridgehead atoms. The molecule has 0 aliphatic heterocycles. The third-order valence-corrected chi connectivity index (χ3v) is 5.61. The van der Waals surface area contributed by atoms with E-state index in [0.717, 1.165) is 44.6 Å². The zero-order chi connectivity index (χ0) is 19.4. The Morgan fingerprint density at radius 3 is 2.35 bits per heavy atom. The number of ether oxygens (including phenoxy) is 1. The van der Waals surface area contributed by atoms with E-state index < -0.39 is 10.0 Å². The normalized spacial score (nSPS) is 12.4. The summed E-state index contributed by atoms with van der Waals surface area (Å²) in [6.07, 6.45) is 3.17. The highest BCUT2D eigenvalue weighted by Crippen LogP contribution is 2.13. The fraction of sp³-hybridized carbons (Fsp3) is 0.611. The van der Waals surface area contributed by atoms with Crippen molar-refractivity contribution in [2.75, 3.05) is 40.9 Å². The Morgan fingerprint density at radius 2 is 1.77 bits per heavy atom. The molecule has 0 amide bonds. The lowest BCUT2D eigenvalue weighted by Gasteiger charge is -2.13. The van der Waals surface area contributed by atoms with Gasteiger partial charge in [0.05, 0.1) is 4.90 Å². The number of guanidine groups is 1. The average molecular weight is 385 g/mol. The van der Waals surface area contributed by atoms with Gasteiger partial charge in [0.25, 0.3) is 0 Å². The zero-order valence-electron chi connectivity index (χ0n) is 16.3. The fourth-order valence-electron chi connectivity index (χ4n) is 2.13. The van der Waals surface area contributed by atoms with Crippen LogP contribution in [0, 0.1) is 0 Å². The van der Waals surface area contributed by atoms with Gasteiger partial charge in [-0.2, -0.15) is 0 Å². The molecule has 0 aliphatic rings. The molecule has 0 saturated carbocycles. The van der Waals surface area contributed by atoms with E-state index in [1.54, 1.807) is 31.3 Å². The third kappa shape index (κ3) is 7.72. The largest absolute Gasteiger partial charge is 0.381 e. The summed E-state index contributed by atoms with van der Waals surface area (Å²) in [6, 6.07) is 6.85. The summed E-state index contributed by atoms with van der Waals surface area (Å²) in [5, 5.41) is 6.45. The van der Waals surface area contributed by atoms with Crippen LogP contribution >= 0.6 is 0 Å². The van der Waals surface area contributed by atoms with Gasteiger partial charge in [-0.15, -0.1) is 0 Å². The smallest absolute Gasteiger partial charge is 0.242 e. The molecule has 7 nitrogen and oxygen atoms in total. The molecule has 0 saturated heterocycles. The van der Waals surface area contributed by atoms with Crippen LogP contribution in [-0.2, 0) is 21.3 Å². The molecule has 1 rings (SSSR count). The van der Waals surface area contributed by atoms with Crippen LogP contribution in [0.15, 0.2) is 34.2 Å². The number of unbranched alkanes of at least 4 members (excludes halogenated alkanes) is 1. The van der Waals surface area contributed by atoms with Crippen molar-refractivity contribution in [3.63, 3.8) is 0 Å². The lowest BCUT2D eigenvalue weighted by Crippen LogP contribution is -2.37. The van der Waals surface area contributed by atoms with Gasteiger partial charge in [-0.25, -0.2) is 12.7 Å². The van der Waals surface area contributed by atoms with Crippen molar-refractivity contribution in [3.05, 3.63) is 29.8 Å². The summed E-state index contributed by atoms with van der Waals surface area (Å²) in [5.41, 5.74) is 0.980. The van der Waals surface area contributed by atoms with Crippen molar-refractivity contribution in [1.29, 1.82) is 0 Å². The highest BCUT2D eigenvalue weighted by atomic mass is 32.2. The molecule has 0 atom stereocenters. The first kappa shape index (κ1) is 22.4. The summed E-state index contributed by atoms with van der Waals surface area (Å²) in [5.74, 6) is 0.712. The second kappa shape index (κ2) is 11.9. The van der Waals surface area contributed by atoms with Gasteiger partial charge in [-0.1, -0.05) is 25.5 Å². The van der Waals surface area contributed by atoms with Gasteiger partial charge in [0.2, 0.25) is 10.0 Å². The number of nitrogens with one attached hydrogen (secondary N) is 2. The zero-order valence-corrected chi connectivity index (χ0v) is 17.1. The maximum absolute atomic E-state index is 12.1. The number of sulfonamides is 1. The van der Waals surface area contributed by atoms with Crippen LogP contribution in [-0.4, -0.2) is 59.6 Å². The Balaban J connectivity index is 2.37. The van der Waals surface area contributed by atoms with Gasteiger partial charge in [0, 0.05) is 47.4 Å². The highest BCUT2D eigenvalue weighted by molar-refractivity contribution is 7.89. The van der Waals surface area contributed by atoms with Crippen LogP contribution in [0.25, 0.3) is 0 Å². The Labute approximate surface area is 157 Å². The summed E-state index contributed by atoms with van der Waals surface area (Å²) in [4.78, 5) is 4.47. The number of benzene rings is 1. The quantitative estimate of drug-likeness (QED) is 0.345. The molecular weight excluding hydrogens is 352 g/mol. The van der Waals surface area contributed by atoms with E-state index in [0.29, 0.717) is 12.5 Å². The lowest BCUT2D eigenvalue weighted by molar-refractivity contribution is 0.129. The Kier molecular flexibility index (Phi) is 10.2. The molecule has 148 valence electrons. The highest BCUT2D eigenvalue weighted by Gasteiger charge is 2.16. The van der Waals surface area contributed by atoms with Crippen molar-refractivity contribution in [3.8, 4) is 0 Å². The second-order valence-corrected chi connectivity index (χ2v) is 8.26. The van der Waals surface area contributed by atoms with Crippen LogP contribution in [0.3, 0.4) is 0 Å². The summed E-state index contributed by atoms with van der Waals surface area (Å²) >= 11 is 0. The van der Waals surface area contributed by atoms with Crippen molar-refractivity contribution in [2.45, 2.75) is 37.6 Å². The minimum absolute atomic E-state index is 0.289. The van der Waals surface area contributed by atoms with Crippen molar-refractivity contribution in [1.82, 2.24) is 14.9 Å². The van der Waals surface area contributed by atoms with Gasteiger partial charge in [-0.3, -0.25) is 4.99 Å². The molecular formula is C18H32N4O3S. The molecule has 0 unspecified atom stereocenters. The van der Waals surface area contributed by atoms with Gasteiger partial charge in [0.1, 0.15) is 0 Å². The molecule has 0 heterocycles. The standard InChI is InChI=1S/C18H32N4O3S/c1-5-6-13-25-14-7-12-20-18(19-2)21-15-16-8-10-17(11-9-16)26(23,24)22(3)4/h8-11H,5-7,12-15H2,1-4H3,(H2,19,20,21). The van der Waals surface area contributed by atoms with Crippen molar-refractivity contribution in [2.24, 2.45) is 4.99 Å². The first-order valence-corrected chi connectivity index (χ1v) is 10.4. The lowest BCUT2D eigenvalue weighted by atomic mass is 10.2. The van der Waals surface area contributed by atoms with Gasteiger partial charge in [-0.05, 0) is 30.5 Å². The Hall–Kier alpha value is -1.64. The molecule has 1 aromatic carbocycles. The van der Waals surface area contributed by atoms with Crippen LogP contribution in [0.2, 0.25) is 0 Å². The monoisotopic (exact) mass is 384 g/mol. The number of rotatable bonds is 11. The molecule has 0 fully saturated rings. The maximum atomic E-state index is 12.1. The van der Waals surface area contributed by atoms with Crippen LogP contribution in [0.4, 0.5) is 0 Å².